The highest BCUT2D eigenvalue weighted by Crippen LogP contribution is 2.43. The fourth-order valence-electron chi connectivity index (χ4n) is 5.18. The molecule has 0 bridgehead atoms. The van der Waals surface area contributed by atoms with E-state index in [1.165, 1.54) is 9.18 Å². The molecule has 1 saturated carbocycles. The monoisotopic (exact) mass is 524 g/mol. The molecule has 0 saturated heterocycles. The van der Waals surface area contributed by atoms with Crippen molar-refractivity contribution in [2.75, 3.05) is 18.4 Å². The molecule has 0 spiro atoms. The molecule has 1 heterocycles. The average molecular weight is 525 g/mol. The van der Waals surface area contributed by atoms with Crippen LogP contribution in [-0.2, 0) is 28.0 Å². The summed E-state index contributed by atoms with van der Waals surface area (Å²) >= 11 is -0.834. The summed E-state index contributed by atoms with van der Waals surface area (Å²) < 4.78 is 26.1. The number of hydrogen-bond acceptors (Lipinski definition) is 5. The molecule has 3 aromatic rings. The highest BCUT2D eigenvalue weighted by molar-refractivity contribution is 7.80. The third kappa shape index (κ3) is 5.89. The maximum absolute atomic E-state index is 13.7. The SMILES string of the molecule is Cc1ccc(N(C(Cc2ccccc2)C(=O)NC2CCC(c3cccs3)(N(C)C)CC2)S(=O)[O-])cc1. The van der Waals surface area contributed by atoms with Crippen molar-refractivity contribution in [3.8, 4) is 0 Å². The summed E-state index contributed by atoms with van der Waals surface area (Å²) in [6.07, 6.45) is 3.84. The van der Waals surface area contributed by atoms with Crippen molar-refractivity contribution >= 4 is 34.2 Å². The molecule has 8 heteroatoms. The van der Waals surface area contributed by atoms with Gasteiger partial charge in [-0.1, -0.05) is 54.1 Å². The smallest absolute Gasteiger partial charge is 0.244 e. The molecule has 36 heavy (non-hydrogen) atoms. The number of thiophene rings is 1. The molecule has 1 aliphatic rings. The minimum Gasteiger partial charge on any atom is -0.755 e. The first-order valence-electron chi connectivity index (χ1n) is 12.3. The third-order valence-electron chi connectivity index (χ3n) is 7.30. The summed E-state index contributed by atoms with van der Waals surface area (Å²) in [5.74, 6) is -0.262. The Labute approximate surface area is 220 Å². The van der Waals surface area contributed by atoms with Gasteiger partial charge in [-0.05, 0) is 75.8 Å². The Bertz CT molecular complexity index is 1140. The van der Waals surface area contributed by atoms with Gasteiger partial charge in [0.15, 0.2) is 0 Å². The van der Waals surface area contributed by atoms with Crippen LogP contribution >= 0.6 is 11.3 Å². The molecule has 4 rings (SSSR count). The number of carbonyl (C=O) groups excluding carboxylic acids is 1. The molecule has 2 atom stereocenters. The van der Waals surface area contributed by atoms with E-state index in [0.29, 0.717) is 5.69 Å². The first-order chi connectivity index (χ1) is 17.3. The van der Waals surface area contributed by atoms with Gasteiger partial charge < -0.3 is 9.87 Å². The maximum atomic E-state index is 13.7. The highest BCUT2D eigenvalue weighted by Gasteiger charge is 2.40. The number of anilines is 1. The van der Waals surface area contributed by atoms with E-state index < -0.39 is 17.3 Å². The Kier molecular flexibility index (Phi) is 8.62. The topological polar surface area (TPSA) is 75.7 Å². The summed E-state index contributed by atoms with van der Waals surface area (Å²) in [6.45, 7) is 1.95. The lowest BCUT2D eigenvalue weighted by atomic mass is 9.77. The largest absolute Gasteiger partial charge is 0.755 e. The van der Waals surface area contributed by atoms with Gasteiger partial charge in [0.1, 0.15) is 6.04 Å². The van der Waals surface area contributed by atoms with Crippen LogP contribution in [0.15, 0.2) is 72.1 Å². The van der Waals surface area contributed by atoms with Gasteiger partial charge in [0.05, 0.1) is 5.54 Å². The molecule has 1 fully saturated rings. The van der Waals surface area contributed by atoms with Crippen LogP contribution in [0.3, 0.4) is 0 Å². The highest BCUT2D eigenvalue weighted by atomic mass is 32.2. The van der Waals surface area contributed by atoms with Gasteiger partial charge in [-0.25, -0.2) is 0 Å². The Morgan fingerprint density at radius 1 is 1.08 bits per heavy atom. The van der Waals surface area contributed by atoms with Crippen LogP contribution in [0.1, 0.15) is 41.7 Å². The van der Waals surface area contributed by atoms with Crippen molar-refractivity contribution in [2.45, 2.75) is 56.7 Å². The van der Waals surface area contributed by atoms with Crippen molar-refractivity contribution in [2.24, 2.45) is 0 Å². The van der Waals surface area contributed by atoms with E-state index >= 15 is 0 Å². The Hall–Kier alpha value is -2.52. The van der Waals surface area contributed by atoms with Gasteiger partial charge in [-0.3, -0.25) is 18.2 Å². The van der Waals surface area contributed by atoms with E-state index in [1.807, 2.05) is 49.4 Å². The fraction of sp³-hybridized carbons (Fsp3) is 0.393. The van der Waals surface area contributed by atoms with Crippen molar-refractivity contribution in [3.63, 3.8) is 0 Å². The lowest BCUT2D eigenvalue weighted by Gasteiger charge is -2.45. The molecular formula is C28H34N3O3S2-. The second kappa shape index (κ2) is 11.7. The second-order valence-corrected chi connectivity index (χ2v) is 11.5. The molecule has 0 radical (unpaired) electrons. The van der Waals surface area contributed by atoms with Crippen molar-refractivity contribution in [3.05, 3.63) is 88.1 Å². The predicted molar refractivity (Wildman–Crippen MR) is 147 cm³/mol. The van der Waals surface area contributed by atoms with E-state index in [4.69, 9.17) is 0 Å². The number of amides is 1. The van der Waals surface area contributed by atoms with Gasteiger partial charge in [0, 0.05) is 34.3 Å². The standard InChI is InChI=1S/C28H35N3O3S2/c1-21-11-13-24(14-12-21)31(36(33)34)25(20-22-8-5-4-6-9-22)27(32)29-23-15-17-28(18-16-23,30(2)3)26-10-7-19-35-26/h4-14,19,23,25H,15-18,20H2,1-3H3,(H,29,32)(H,33,34)/p-1. The Balaban J connectivity index is 1.54. The van der Waals surface area contributed by atoms with Gasteiger partial charge in [-0.15, -0.1) is 11.3 Å². The van der Waals surface area contributed by atoms with Crippen LogP contribution < -0.4 is 9.62 Å². The molecule has 0 aliphatic heterocycles. The lowest BCUT2D eigenvalue weighted by Crippen LogP contribution is -2.54. The number of hydrogen-bond donors (Lipinski definition) is 1. The second-order valence-electron chi connectivity index (χ2n) is 9.77. The van der Waals surface area contributed by atoms with E-state index in [1.54, 1.807) is 23.5 Å². The quantitative estimate of drug-likeness (QED) is 0.409. The van der Waals surface area contributed by atoms with Crippen LogP contribution in [0, 0.1) is 6.92 Å². The average Bonchev–Trinajstić information content (AvgIpc) is 3.41. The number of benzene rings is 2. The molecule has 1 aromatic heterocycles. The maximum Gasteiger partial charge on any atom is 0.244 e. The fourth-order valence-corrected chi connectivity index (χ4v) is 6.91. The minimum atomic E-state index is -2.61. The van der Waals surface area contributed by atoms with Gasteiger partial charge >= 0.3 is 0 Å². The van der Waals surface area contributed by atoms with Gasteiger partial charge in [0.2, 0.25) is 5.91 Å². The molecule has 2 aromatic carbocycles. The molecule has 2 unspecified atom stereocenters. The van der Waals surface area contributed by atoms with E-state index in [2.05, 4.69) is 41.8 Å². The predicted octanol–water partition coefficient (Wildman–Crippen LogP) is 4.78. The number of rotatable bonds is 9. The van der Waals surface area contributed by atoms with E-state index in [-0.39, 0.29) is 23.9 Å². The lowest BCUT2D eigenvalue weighted by molar-refractivity contribution is -0.123. The molecule has 1 amide bonds. The van der Waals surface area contributed by atoms with Crippen molar-refractivity contribution < 1.29 is 13.6 Å². The van der Waals surface area contributed by atoms with Gasteiger partial charge in [-0.2, -0.15) is 0 Å². The third-order valence-corrected chi connectivity index (χ3v) is 9.15. The zero-order valence-corrected chi connectivity index (χ0v) is 22.7. The zero-order valence-electron chi connectivity index (χ0n) is 21.1. The molecular weight excluding hydrogens is 490 g/mol. The number of carbonyl (C=O) groups is 1. The van der Waals surface area contributed by atoms with Crippen LogP contribution in [0.4, 0.5) is 5.69 Å². The van der Waals surface area contributed by atoms with E-state index in [9.17, 15) is 13.6 Å². The minimum absolute atomic E-state index is 0.00349. The van der Waals surface area contributed by atoms with Crippen molar-refractivity contribution in [1.29, 1.82) is 0 Å². The van der Waals surface area contributed by atoms with Crippen LogP contribution in [0.5, 0.6) is 0 Å². The normalized spacial score (nSPS) is 21.6. The zero-order chi connectivity index (χ0) is 25.7. The Morgan fingerprint density at radius 3 is 2.31 bits per heavy atom. The summed E-state index contributed by atoms with van der Waals surface area (Å²) in [4.78, 5) is 17.3. The molecule has 192 valence electrons. The van der Waals surface area contributed by atoms with Crippen LogP contribution in [0.25, 0.3) is 0 Å². The molecule has 1 aliphatic carbocycles. The van der Waals surface area contributed by atoms with Crippen molar-refractivity contribution in [1.82, 2.24) is 10.2 Å². The van der Waals surface area contributed by atoms with E-state index in [0.717, 1.165) is 36.8 Å². The number of nitrogens with zero attached hydrogens (tertiary/aromatic N) is 2. The van der Waals surface area contributed by atoms with Crippen LogP contribution in [-0.4, -0.2) is 45.7 Å². The Morgan fingerprint density at radius 2 is 1.75 bits per heavy atom. The number of nitrogens with one attached hydrogen (secondary N) is 1. The first kappa shape index (κ1) is 26.5. The van der Waals surface area contributed by atoms with Gasteiger partial charge in [0.25, 0.3) is 0 Å². The summed E-state index contributed by atoms with van der Waals surface area (Å²) in [6, 6.07) is 20.2. The summed E-state index contributed by atoms with van der Waals surface area (Å²) in [5.41, 5.74) is 2.39. The van der Waals surface area contributed by atoms with Crippen LogP contribution in [0.2, 0.25) is 0 Å². The summed E-state index contributed by atoms with van der Waals surface area (Å²) in [7, 11) is 4.25. The first-order valence-corrected chi connectivity index (χ1v) is 14.2. The molecule has 1 N–H and O–H groups in total. The molecule has 6 nitrogen and oxygen atoms in total. The number of aryl methyl sites for hydroxylation is 1. The summed E-state index contributed by atoms with van der Waals surface area (Å²) in [5, 5.41) is 5.33.